The number of aromatic nitrogens is 2. The highest BCUT2D eigenvalue weighted by atomic mass is 79.9. The van der Waals surface area contributed by atoms with Crippen molar-refractivity contribution in [3.05, 3.63) is 51.9 Å². The number of nitrogens with one attached hydrogen (secondary N) is 1. The first-order valence-electron chi connectivity index (χ1n) is 5.49. The Hall–Kier alpha value is -1.79. The second kappa shape index (κ2) is 5.07. The topological polar surface area (TPSA) is 54.9 Å². The van der Waals surface area contributed by atoms with Crippen LogP contribution in [-0.4, -0.2) is 16.1 Å². The summed E-state index contributed by atoms with van der Waals surface area (Å²) in [6.07, 6.45) is 0. The lowest BCUT2D eigenvalue weighted by Crippen LogP contribution is -2.11. The maximum absolute atomic E-state index is 12.0. The molecule has 0 bridgehead atoms. The Balaban J connectivity index is 1.92. The first kappa shape index (κ1) is 12.3. The van der Waals surface area contributed by atoms with Crippen LogP contribution in [0.2, 0.25) is 0 Å². The fourth-order valence-electron chi connectivity index (χ4n) is 1.75. The molecule has 0 saturated carbocycles. The molecule has 1 amide bonds. The van der Waals surface area contributed by atoms with Crippen LogP contribution in [0.15, 0.2) is 46.4 Å². The van der Waals surface area contributed by atoms with Crippen molar-refractivity contribution in [2.45, 2.75) is 0 Å². The molecule has 0 aliphatic rings. The molecule has 0 fully saturated rings. The summed E-state index contributed by atoms with van der Waals surface area (Å²) in [5.41, 5.74) is 2.18. The van der Waals surface area contributed by atoms with E-state index in [4.69, 9.17) is 0 Å². The largest absolute Gasteiger partial charge is 0.296 e. The highest BCUT2D eigenvalue weighted by Gasteiger charge is 2.08. The van der Waals surface area contributed by atoms with Crippen LogP contribution in [0.3, 0.4) is 0 Å². The Bertz CT molecular complexity index is 743. The average molecular weight is 334 g/mol. The van der Waals surface area contributed by atoms with Crippen molar-refractivity contribution < 1.29 is 4.79 Å². The van der Waals surface area contributed by atoms with Crippen LogP contribution < -0.4 is 5.32 Å². The maximum Gasteiger partial charge on any atom is 0.257 e. The lowest BCUT2D eigenvalue weighted by molar-refractivity contribution is 0.102. The monoisotopic (exact) mass is 333 g/mol. The van der Waals surface area contributed by atoms with E-state index in [1.807, 2.05) is 30.3 Å². The molecular weight excluding hydrogens is 326 g/mol. The predicted molar refractivity (Wildman–Crippen MR) is 79.5 cm³/mol. The van der Waals surface area contributed by atoms with Crippen LogP contribution in [0.1, 0.15) is 10.4 Å². The summed E-state index contributed by atoms with van der Waals surface area (Å²) < 4.78 is 1.02. The molecular formula is C13H8BrN3OS. The van der Waals surface area contributed by atoms with Gasteiger partial charge in [-0.15, -0.1) is 10.2 Å². The van der Waals surface area contributed by atoms with Crippen molar-refractivity contribution in [3.63, 3.8) is 0 Å². The Morgan fingerprint density at radius 3 is 2.74 bits per heavy atom. The first-order chi connectivity index (χ1) is 9.22. The lowest BCUT2D eigenvalue weighted by Gasteiger charge is -2.04. The van der Waals surface area contributed by atoms with E-state index >= 15 is 0 Å². The van der Waals surface area contributed by atoms with E-state index < -0.39 is 0 Å². The van der Waals surface area contributed by atoms with E-state index in [2.05, 4.69) is 31.4 Å². The first-order valence-corrected chi connectivity index (χ1v) is 7.16. The van der Waals surface area contributed by atoms with Crippen LogP contribution in [-0.2, 0) is 0 Å². The number of hydrogen-bond donors (Lipinski definition) is 1. The molecule has 0 saturated heterocycles. The molecule has 19 heavy (non-hydrogen) atoms. The van der Waals surface area contributed by atoms with Gasteiger partial charge >= 0.3 is 0 Å². The summed E-state index contributed by atoms with van der Waals surface area (Å²) >= 11 is 4.72. The number of rotatable bonds is 2. The summed E-state index contributed by atoms with van der Waals surface area (Å²) in [5.74, 6) is -0.179. The van der Waals surface area contributed by atoms with Gasteiger partial charge < -0.3 is 0 Å². The molecule has 6 heteroatoms. The van der Waals surface area contributed by atoms with Gasteiger partial charge in [-0.1, -0.05) is 39.4 Å². The minimum atomic E-state index is -0.179. The summed E-state index contributed by atoms with van der Waals surface area (Å²) in [6, 6.07) is 11.5. The number of amides is 1. The molecule has 1 heterocycles. The van der Waals surface area contributed by atoms with E-state index in [0.29, 0.717) is 10.7 Å². The summed E-state index contributed by atoms with van der Waals surface area (Å²) in [7, 11) is 0. The zero-order valence-electron chi connectivity index (χ0n) is 9.63. The zero-order chi connectivity index (χ0) is 13.2. The minimum Gasteiger partial charge on any atom is -0.296 e. The number of carbonyl (C=O) groups is 1. The highest BCUT2D eigenvalue weighted by Crippen LogP contribution is 2.21. The highest BCUT2D eigenvalue weighted by molar-refractivity contribution is 9.10. The molecule has 0 radical (unpaired) electrons. The lowest BCUT2D eigenvalue weighted by atomic mass is 10.1. The number of nitrogens with zero attached hydrogens (tertiary/aromatic N) is 2. The van der Waals surface area contributed by atoms with Gasteiger partial charge in [-0.25, -0.2) is 0 Å². The molecule has 0 spiro atoms. The van der Waals surface area contributed by atoms with Gasteiger partial charge in [0, 0.05) is 10.0 Å². The van der Waals surface area contributed by atoms with E-state index in [-0.39, 0.29) is 5.91 Å². The third-order valence-electron chi connectivity index (χ3n) is 2.64. The van der Waals surface area contributed by atoms with Crippen LogP contribution in [0.25, 0.3) is 10.8 Å². The Morgan fingerprint density at radius 1 is 1.16 bits per heavy atom. The van der Waals surface area contributed by atoms with E-state index in [1.54, 1.807) is 11.6 Å². The number of benzene rings is 2. The molecule has 4 nitrogen and oxygen atoms in total. The summed E-state index contributed by atoms with van der Waals surface area (Å²) in [5, 5.41) is 12.8. The maximum atomic E-state index is 12.0. The molecule has 0 unspecified atom stereocenters. The van der Waals surface area contributed by atoms with Gasteiger partial charge in [0.05, 0.1) is 0 Å². The summed E-state index contributed by atoms with van der Waals surface area (Å²) in [4.78, 5) is 12.0. The second-order valence-electron chi connectivity index (χ2n) is 3.90. The third-order valence-corrected chi connectivity index (χ3v) is 3.74. The van der Waals surface area contributed by atoms with Gasteiger partial charge in [-0.3, -0.25) is 10.1 Å². The van der Waals surface area contributed by atoms with E-state index in [9.17, 15) is 4.79 Å². The summed E-state index contributed by atoms with van der Waals surface area (Å²) in [6.45, 7) is 0. The number of halogens is 1. The van der Waals surface area contributed by atoms with Crippen molar-refractivity contribution in [1.29, 1.82) is 0 Å². The van der Waals surface area contributed by atoms with Gasteiger partial charge in [-0.2, -0.15) is 0 Å². The number of fused-ring (bicyclic) bond motifs is 1. The van der Waals surface area contributed by atoms with Gasteiger partial charge in [0.1, 0.15) is 5.51 Å². The molecule has 0 aliphatic carbocycles. The standard InChI is InChI=1S/C13H8BrN3OS/c14-11-4-3-8-5-10(2-1-9(8)6-11)12(18)16-13-17-15-7-19-13/h1-7H,(H,16,17,18). The predicted octanol–water partition coefficient (Wildman–Crippen LogP) is 3.71. The Kier molecular flexibility index (Phi) is 3.27. The van der Waals surface area contributed by atoms with E-state index in [1.165, 1.54) is 11.3 Å². The SMILES string of the molecule is O=C(Nc1nncs1)c1ccc2cc(Br)ccc2c1. The minimum absolute atomic E-state index is 0.179. The van der Waals surface area contributed by atoms with Crippen molar-refractivity contribution >= 4 is 49.1 Å². The smallest absolute Gasteiger partial charge is 0.257 e. The number of carbonyl (C=O) groups excluding carboxylic acids is 1. The van der Waals surface area contributed by atoms with Crippen molar-refractivity contribution in [2.24, 2.45) is 0 Å². The fourth-order valence-corrected chi connectivity index (χ4v) is 2.57. The van der Waals surface area contributed by atoms with E-state index in [0.717, 1.165) is 15.2 Å². The molecule has 0 atom stereocenters. The normalized spacial score (nSPS) is 10.6. The zero-order valence-corrected chi connectivity index (χ0v) is 12.0. The molecule has 1 N–H and O–H groups in total. The quantitative estimate of drug-likeness (QED) is 0.777. The van der Waals surface area contributed by atoms with Gasteiger partial charge in [0.2, 0.25) is 5.13 Å². The average Bonchev–Trinajstić information content (AvgIpc) is 2.91. The van der Waals surface area contributed by atoms with Crippen LogP contribution in [0.5, 0.6) is 0 Å². The van der Waals surface area contributed by atoms with Crippen molar-refractivity contribution in [3.8, 4) is 0 Å². The van der Waals surface area contributed by atoms with Crippen LogP contribution in [0, 0.1) is 0 Å². The van der Waals surface area contributed by atoms with Crippen molar-refractivity contribution in [1.82, 2.24) is 10.2 Å². The number of hydrogen-bond acceptors (Lipinski definition) is 4. The molecule has 2 aromatic carbocycles. The molecule has 1 aromatic heterocycles. The molecule has 0 aliphatic heterocycles. The second-order valence-corrected chi connectivity index (χ2v) is 5.65. The van der Waals surface area contributed by atoms with Crippen LogP contribution in [0.4, 0.5) is 5.13 Å². The van der Waals surface area contributed by atoms with Crippen molar-refractivity contribution in [2.75, 3.05) is 5.32 Å². The number of anilines is 1. The molecule has 3 aromatic rings. The fraction of sp³-hybridized carbons (Fsp3) is 0. The molecule has 3 rings (SSSR count). The van der Waals surface area contributed by atoms with Gasteiger partial charge in [-0.05, 0) is 35.0 Å². The third kappa shape index (κ3) is 2.64. The Labute approximate surface area is 121 Å². The van der Waals surface area contributed by atoms with Crippen LogP contribution >= 0.6 is 27.3 Å². The molecule has 94 valence electrons. The Morgan fingerprint density at radius 2 is 1.95 bits per heavy atom. The van der Waals surface area contributed by atoms with Gasteiger partial charge in [0.25, 0.3) is 5.91 Å². The van der Waals surface area contributed by atoms with Gasteiger partial charge in [0.15, 0.2) is 0 Å².